The Morgan fingerprint density at radius 3 is 2.56 bits per heavy atom. The van der Waals surface area contributed by atoms with Gasteiger partial charge >= 0.3 is 6.03 Å². The van der Waals surface area contributed by atoms with Gasteiger partial charge in [0.15, 0.2) is 0 Å². The van der Waals surface area contributed by atoms with Crippen molar-refractivity contribution in [2.75, 3.05) is 5.32 Å². The number of carbonyl (C=O) groups is 1. The minimum Gasteiger partial charge on any atom is -0.301 e. The van der Waals surface area contributed by atoms with Crippen molar-refractivity contribution in [3.05, 3.63) is 73.3 Å². The highest BCUT2D eigenvalue weighted by Gasteiger charge is 2.20. The molecule has 0 unspecified atom stereocenters. The van der Waals surface area contributed by atoms with E-state index < -0.39 is 27.3 Å². The predicted molar refractivity (Wildman–Crippen MR) is 98.0 cm³/mol. The van der Waals surface area contributed by atoms with E-state index in [1.165, 1.54) is 17.3 Å². The molecule has 0 aliphatic heterocycles. The minimum atomic E-state index is -0.809. The summed E-state index contributed by atoms with van der Waals surface area (Å²) in [5.74, 6) is 0. The largest absolute Gasteiger partial charge is 0.339 e. The number of nitro benzene ring substituents is 2. The number of benzene rings is 2. The molecule has 27 heavy (non-hydrogen) atoms. The highest BCUT2D eigenvalue weighted by Crippen LogP contribution is 2.28. The number of amides is 2. The first kappa shape index (κ1) is 18.0. The Balaban J connectivity index is 1.65. The summed E-state index contributed by atoms with van der Waals surface area (Å²) in [4.78, 5) is 32.1. The zero-order valence-electron chi connectivity index (χ0n) is 14.0. The van der Waals surface area contributed by atoms with Gasteiger partial charge in [0.2, 0.25) is 0 Å². The van der Waals surface area contributed by atoms with Crippen molar-refractivity contribution in [1.82, 2.24) is 5.43 Å². The van der Waals surface area contributed by atoms with Crippen LogP contribution < -0.4 is 10.7 Å². The van der Waals surface area contributed by atoms with Crippen molar-refractivity contribution in [2.45, 2.75) is 19.3 Å². The lowest BCUT2D eigenvalue weighted by atomic mass is 10.1. The number of carbonyl (C=O) groups excluding carboxylic acids is 1. The molecule has 0 bridgehead atoms. The second kappa shape index (κ2) is 7.60. The van der Waals surface area contributed by atoms with E-state index in [4.69, 9.17) is 0 Å². The van der Waals surface area contributed by atoms with E-state index in [1.54, 1.807) is 0 Å². The first-order chi connectivity index (χ1) is 12.9. The SMILES string of the molecule is O=C(N/N=C\c1ccc2c(c1)CCC2)Nc1ccc([N+](=O)[O-])cc1[N+](=O)[O-]. The number of nitrogens with zero attached hydrogens (tertiary/aromatic N) is 3. The van der Waals surface area contributed by atoms with Crippen LogP contribution in [0.25, 0.3) is 0 Å². The van der Waals surface area contributed by atoms with E-state index >= 15 is 0 Å². The van der Waals surface area contributed by atoms with Crippen molar-refractivity contribution in [3.8, 4) is 0 Å². The van der Waals surface area contributed by atoms with Crippen molar-refractivity contribution in [3.63, 3.8) is 0 Å². The Morgan fingerprint density at radius 2 is 1.81 bits per heavy atom. The number of urea groups is 1. The molecule has 2 aromatic rings. The number of hydrogen-bond donors (Lipinski definition) is 2. The van der Waals surface area contributed by atoms with Gasteiger partial charge in [-0.3, -0.25) is 20.2 Å². The second-order valence-electron chi connectivity index (χ2n) is 5.92. The van der Waals surface area contributed by atoms with Gasteiger partial charge in [0.1, 0.15) is 5.69 Å². The van der Waals surface area contributed by atoms with Gasteiger partial charge in [-0.2, -0.15) is 5.10 Å². The summed E-state index contributed by atoms with van der Waals surface area (Å²) in [6, 6.07) is 8.08. The molecule has 3 rings (SSSR count). The summed E-state index contributed by atoms with van der Waals surface area (Å²) in [6.07, 6.45) is 4.70. The van der Waals surface area contributed by atoms with Crippen molar-refractivity contribution < 1.29 is 14.6 Å². The Kier molecular flexibility index (Phi) is 5.06. The number of anilines is 1. The molecule has 2 amide bonds. The number of non-ortho nitro benzene ring substituents is 1. The highest BCUT2D eigenvalue weighted by atomic mass is 16.6. The number of nitrogens with one attached hydrogen (secondary N) is 2. The Labute approximate surface area is 153 Å². The van der Waals surface area contributed by atoms with Crippen molar-refractivity contribution >= 4 is 29.3 Å². The van der Waals surface area contributed by atoms with Crippen LogP contribution in [0, 0.1) is 20.2 Å². The van der Waals surface area contributed by atoms with Crippen LogP contribution in [0.4, 0.5) is 21.9 Å². The molecule has 0 heterocycles. The first-order valence-electron chi connectivity index (χ1n) is 8.09. The fourth-order valence-electron chi connectivity index (χ4n) is 2.88. The Bertz CT molecular complexity index is 957. The van der Waals surface area contributed by atoms with Gasteiger partial charge < -0.3 is 5.32 Å². The molecule has 0 spiro atoms. The topological polar surface area (TPSA) is 140 Å². The van der Waals surface area contributed by atoms with Gasteiger partial charge in [0, 0.05) is 6.07 Å². The highest BCUT2D eigenvalue weighted by molar-refractivity contribution is 5.92. The third-order valence-electron chi connectivity index (χ3n) is 4.14. The molecule has 1 aliphatic carbocycles. The maximum Gasteiger partial charge on any atom is 0.339 e. The zero-order chi connectivity index (χ0) is 19.4. The summed E-state index contributed by atoms with van der Waals surface area (Å²) in [6.45, 7) is 0. The third kappa shape index (κ3) is 4.24. The van der Waals surface area contributed by atoms with Gasteiger partial charge in [-0.15, -0.1) is 0 Å². The summed E-state index contributed by atoms with van der Waals surface area (Å²) in [5, 5.41) is 27.8. The molecule has 0 saturated heterocycles. The molecule has 2 aromatic carbocycles. The van der Waals surface area contributed by atoms with Crippen LogP contribution in [0.5, 0.6) is 0 Å². The number of aryl methyl sites for hydroxylation is 2. The molecule has 10 heteroatoms. The lowest BCUT2D eigenvalue weighted by Crippen LogP contribution is -2.24. The molecule has 10 nitrogen and oxygen atoms in total. The predicted octanol–water partition coefficient (Wildman–Crippen LogP) is 3.15. The molecule has 0 atom stereocenters. The van der Waals surface area contributed by atoms with Crippen LogP contribution in [-0.4, -0.2) is 22.1 Å². The van der Waals surface area contributed by atoms with Gasteiger partial charge in [-0.25, -0.2) is 10.2 Å². The van der Waals surface area contributed by atoms with E-state index in [-0.39, 0.29) is 5.69 Å². The van der Waals surface area contributed by atoms with Gasteiger partial charge in [0.25, 0.3) is 11.4 Å². The maximum absolute atomic E-state index is 11.9. The molecule has 2 N–H and O–H groups in total. The van der Waals surface area contributed by atoms with Crippen LogP contribution in [0.15, 0.2) is 41.5 Å². The first-order valence-corrected chi connectivity index (χ1v) is 8.09. The Morgan fingerprint density at radius 1 is 1.04 bits per heavy atom. The number of rotatable bonds is 5. The van der Waals surface area contributed by atoms with E-state index in [9.17, 15) is 25.0 Å². The second-order valence-corrected chi connectivity index (χ2v) is 5.92. The minimum absolute atomic E-state index is 0.171. The molecule has 0 saturated carbocycles. The quantitative estimate of drug-likeness (QED) is 0.473. The molecule has 0 fully saturated rings. The van der Waals surface area contributed by atoms with Gasteiger partial charge in [-0.1, -0.05) is 12.1 Å². The molecule has 0 aromatic heterocycles. The smallest absolute Gasteiger partial charge is 0.301 e. The van der Waals surface area contributed by atoms with Crippen LogP contribution in [-0.2, 0) is 12.8 Å². The van der Waals surface area contributed by atoms with Gasteiger partial charge in [0.05, 0.1) is 22.1 Å². The van der Waals surface area contributed by atoms with E-state index in [0.29, 0.717) is 0 Å². The fraction of sp³-hybridized carbons (Fsp3) is 0.176. The van der Waals surface area contributed by atoms with Crippen LogP contribution in [0.3, 0.4) is 0 Å². The molecular formula is C17H15N5O5. The van der Waals surface area contributed by atoms with E-state index in [2.05, 4.69) is 15.8 Å². The van der Waals surface area contributed by atoms with Crippen LogP contribution in [0.1, 0.15) is 23.1 Å². The molecular weight excluding hydrogens is 354 g/mol. The number of hydrogen-bond acceptors (Lipinski definition) is 6. The van der Waals surface area contributed by atoms with Crippen molar-refractivity contribution in [2.24, 2.45) is 5.10 Å². The summed E-state index contributed by atoms with van der Waals surface area (Å²) >= 11 is 0. The summed E-state index contributed by atoms with van der Waals surface area (Å²) < 4.78 is 0. The third-order valence-corrected chi connectivity index (χ3v) is 4.14. The number of hydrazone groups is 1. The summed E-state index contributed by atoms with van der Waals surface area (Å²) in [7, 11) is 0. The van der Waals surface area contributed by atoms with E-state index in [0.717, 1.165) is 43.0 Å². The average Bonchev–Trinajstić information content (AvgIpc) is 3.09. The number of nitro groups is 2. The summed E-state index contributed by atoms with van der Waals surface area (Å²) in [5.41, 5.74) is 4.44. The normalized spacial score (nSPS) is 12.6. The molecule has 0 radical (unpaired) electrons. The average molecular weight is 369 g/mol. The molecule has 138 valence electrons. The molecule has 1 aliphatic rings. The van der Waals surface area contributed by atoms with Crippen molar-refractivity contribution in [1.29, 1.82) is 0 Å². The van der Waals surface area contributed by atoms with Crippen LogP contribution >= 0.6 is 0 Å². The Hall–Kier alpha value is -3.82. The lowest BCUT2D eigenvalue weighted by molar-refractivity contribution is -0.393. The maximum atomic E-state index is 11.9. The fourth-order valence-corrected chi connectivity index (χ4v) is 2.88. The van der Waals surface area contributed by atoms with E-state index in [1.807, 2.05) is 18.2 Å². The number of fused-ring (bicyclic) bond motifs is 1. The standard InChI is InChI=1S/C17H15N5O5/c23-17(19-15-7-6-14(21(24)25)9-16(15)22(26)27)20-18-10-11-4-5-12-2-1-3-13(12)8-11/h4-10H,1-3H2,(H2,19,20,23)/b18-10-. The van der Waals surface area contributed by atoms with Crippen LogP contribution in [0.2, 0.25) is 0 Å². The lowest BCUT2D eigenvalue weighted by Gasteiger charge is -2.05. The zero-order valence-corrected chi connectivity index (χ0v) is 14.0. The monoisotopic (exact) mass is 369 g/mol. The van der Waals surface area contributed by atoms with Gasteiger partial charge in [-0.05, 0) is 48.1 Å².